The zero-order valence-electron chi connectivity index (χ0n) is 9.99. The SMILES string of the molecule is Cc1ccc(-n2c(C(C)C)n[nH]c2=S)cc1Br. The summed E-state index contributed by atoms with van der Waals surface area (Å²) in [6, 6.07) is 6.18. The molecule has 0 aliphatic heterocycles. The summed E-state index contributed by atoms with van der Waals surface area (Å²) < 4.78 is 3.68. The van der Waals surface area contributed by atoms with Crippen molar-refractivity contribution >= 4 is 28.1 Å². The molecule has 2 rings (SSSR count). The van der Waals surface area contributed by atoms with Crippen LogP contribution in [-0.4, -0.2) is 14.8 Å². The summed E-state index contributed by atoms with van der Waals surface area (Å²) in [6.45, 7) is 6.27. The maximum absolute atomic E-state index is 5.28. The number of halogens is 1. The van der Waals surface area contributed by atoms with Crippen molar-refractivity contribution in [1.29, 1.82) is 0 Å². The summed E-state index contributed by atoms with van der Waals surface area (Å²) >= 11 is 8.82. The van der Waals surface area contributed by atoms with Crippen LogP contribution in [0.3, 0.4) is 0 Å². The van der Waals surface area contributed by atoms with E-state index in [0.717, 1.165) is 16.0 Å². The number of aromatic amines is 1. The third-order valence-corrected chi connectivity index (χ3v) is 3.76. The number of nitrogens with zero attached hydrogens (tertiary/aromatic N) is 2. The van der Waals surface area contributed by atoms with E-state index in [9.17, 15) is 0 Å². The Bertz CT molecular complexity index is 598. The molecule has 17 heavy (non-hydrogen) atoms. The molecule has 1 aromatic heterocycles. The van der Waals surface area contributed by atoms with Crippen molar-refractivity contribution in [2.24, 2.45) is 0 Å². The molecule has 0 saturated heterocycles. The summed E-state index contributed by atoms with van der Waals surface area (Å²) in [5.74, 6) is 1.27. The van der Waals surface area contributed by atoms with Gasteiger partial charge in [-0.2, -0.15) is 5.10 Å². The van der Waals surface area contributed by atoms with E-state index in [2.05, 4.69) is 65.1 Å². The molecule has 1 heterocycles. The Morgan fingerprint density at radius 1 is 1.41 bits per heavy atom. The maximum Gasteiger partial charge on any atom is 0.199 e. The van der Waals surface area contributed by atoms with E-state index in [4.69, 9.17) is 12.2 Å². The quantitative estimate of drug-likeness (QED) is 0.846. The van der Waals surface area contributed by atoms with Gasteiger partial charge in [0.05, 0.1) is 5.69 Å². The Kier molecular flexibility index (Phi) is 3.49. The molecule has 5 heteroatoms. The maximum atomic E-state index is 5.28. The summed E-state index contributed by atoms with van der Waals surface area (Å²) in [6.07, 6.45) is 0. The first kappa shape index (κ1) is 12.5. The summed E-state index contributed by atoms with van der Waals surface area (Å²) in [7, 11) is 0. The fourth-order valence-corrected chi connectivity index (χ4v) is 2.28. The van der Waals surface area contributed by atoms with E-state index in [-0.39, 0.29) is 0 Å². The molecule has 1 aromatic carbocycles. The van der Waals surface area contributed by atoms with Gasteiger partial charge in [0.15, 0.2) is 4.77 Å². The highest BCUT2D eigenvalue weighted by Crippen LogP contribution is 2.23. The lowest BCUT2D eigenvalue weighted by Gasteiger charge is -2.10. The van der Waals surface area contributed by atoms with Crippen molar-refractivity contribution in [2.45, 2.75) is 26.7 Å². The van der Waals surface area contributed by atoms with E-state index >= 15 is 0 Å². The molecular weight excluding hydrogens is 298 g/mol. The number of aryl methyl sites for hydroxylation is 1. The molecule has 0 fully saturated rings. The van der Waals surface area contributed by atoms with Crippen LogP contribution < -0.4 is 0 Å². The second-order valence-corrected chi connectivity index (χ2v) is 5.55. The number of aromatic nitrogens is 3. The van der Waals surface area contributed by atoms with Crippen molar-refractivity contribution in [2.75, 3.05) is 0 Å². The van der Waals surface area contributed by atoms with Gasteiger partial charge in [-0.25, -0.2) is 0 Å². The fourth-order valence-electron chi connectivity index (χ4n) is 1.67. The van der Waals surface area contributed by atoms with E-state index in [1.807, 2.05) is 4.57 Å². The van der Waals surface area contributed by atoms with Crippen LogP contribution in [0.1, 0.15) is 31.2 Å². The van der Waals surface area contributed by atoms with Gasteiger partial charge < -0.3 is 0 Å². The van der Waals surface area contributed by atoms with Crippen LogP contribution in [-0.2, 0) is 0 Å². The highest BCUT2D eigenvalue weighted by molar-refractivity contribution is 9.10. The standard InChI is InChI=1S/C12H14BrN3S/c1-7(2)11-14-15-12(17)16(11)9-5-4-8(3)10(13)6-9/h4-7H,1-3H3,(H,15,17). The molecule has 0 unspecified atom stereocenters. The molecule has 0 aliphatic rings. The third kappa shape index (κ3) is 2.35. The Morgan fingerprint density at radius 3 is 2.71 bits per heavy atom. The molecule has 0 atom stereocenters. The monoisotopic (exact) mass is 311 g/mol. The van der Waals surface area contributed by atoms with Gasteiger partial charge in [-0.15, -0.1) is 0 Å². The van der Waals surface area contributed by atoms with Crippen molar-refractivity contribution < 1.29 is 0 Å². The number of rotatable bonds is 2. The molecule has 2 aromatic rings. The molecule has 90 valence electrons. The van der Waals surface area contributed by atoms with Crippen molar-refractivity contribution in [1.82, 2.24) is 14.8 Å². The summed E-state index contributed by atoms with van der Waals surface area (Å²) in [5, 5.41) is 7.13. The van der Waals surface area contributed by atoms with Crippen LogP contribution >= 0.6 is 28.1 Å². The van der Waals surface area contributed by atoms with Gasteiger partial charge in [-0.3, -0.25) is 9.67 Å². The minimum atomic E-state index is 0.322. The Labute approximate surface area is 114 Å². The van der Waals surface area contributed by atoms with Crippen LogP contribution in [0.2, 0.25) is 0 Å². The summed E-state index contributed by atoms with van der Waals surface area (Å²) in [4.78, 5) is 0. The fraction of sp³-hybridized carbons (Fsp3) is 0.333. The molecule has 3 nitrogen and oxygen atoms in total. The Morgan fingerprint density at radius 2 is 2.12 bits per heavy atom. The molecular formula is C12H14BrN3S. The Hall–Kier alpha value is -0.940. The van der Waals surface area contributed by atoms with Gasteiger partial charge in [0.1, 0.15) is 5.82 Å². The third-order valence-electron chi connectivity index (χ3n) is 2.63. The zero-order valence-corrected chi connectivity index (χ0v) is 12.4. The van der Waals surface area contributed by atoms with E-state index in [1.54, 1.807) is 0 Å². The number of benzene rings is 1. The first-order valence-corrected chi connectivity index (χ1v) is 6.64. The van der Waals surface area contributed by atoms with Gasteiger partial charge >= 0.3 is 0 Å². The minimum Gasteiger partial charge on any atom is -0.272 e. The lowest BCUT2D eigenvalue weighted by atomic mass is 10.2. The van der Waals surface area contributed by atoms with Gasteiger partial charge in [0, 0.05) is 10.4 Å². The zero-order chi connectivity index (χ0) is 12.6. The van der Waals surface area contributed by atoms with Gasteiger partial charge in [-0.1, -0.05) is 35.8 Å². The normalized spacial score (nSPS) is 11.1. The second-order valence-electron chi connectivity index (χ2n) is 4.31. The minimum absolute atomic E-state index is 0.322. The topological polar surface area (TPSA) is 33.6 Å². The van der Waals surface area contributed by atoms with Crippen molar-refractivity contribution in [3.63, 3.8) is 0 Å². The smallest absolute Gasteiger partial charge is 0.199 e. The molecule has 0 amide bonds. The average molecular weight is 312 g/mol. The number of hydrogen-bond acceptors (Lipinski definition) is 2. The predicted octanol–water partition coefficient (Wildman–Crippen LogP) is 4.12. The Balaban J connectivity index is 2.63. The van der Waals surface area contributed by atoms with Crippen LogP contribution in [0.15, 0.2) is 22.7 Å². The average Bonchev–Trinajstić information content (AvgIpc) is 2.64. The van der Waals surface area contributed by atoms with Crippen molar-refractivity contribution in [3.8, 4) is 5.69 Å². The van der Waals surface area contributed by atoms with Crippen LogP contribution in [0.25, 0.3) is 5.69 Å². The molecule has 0 aliphatic carbocycles. The highest BCUT2D eigenvalue weighted by atomic mass is 79.9. The summed E-state index contributed by atoms with van der Waals surface area (Å²) in [5.41, 5.74) is 2.24. The van der Waals surface area contributed by atoms with Crippen LogP contribution in [0.5, 0.6) is 0 Å². The van der Waals surface area contributed by atoms with Crippen LogP contribution in [0, 0.1) is 11.7 Å². The molecule has 1 N–H and O–H groups in total. The van der Waals surface area contributed by atoms with Crippen molar-refractivity contribution in [3.05, 3.63) is 38.8 Å². The van der Waals surface area contributed by atoms with Gasteiger partial charge in [-0.05, 0) is 36.8 Å². The predicted molar refractivity (Wildman–Crippen MR) is 75.3 cm³/mol. The van der Waals surface area contributed by atoms with E-state index < -0.39 is 0 Å². The van der Waals surface area contributed by atoms with E-state index in [0.29, 0.717) is 10.7 Å². The first-order valence-electron chi connectivity index (χ1n) is 5.44. The molecule has 0 radical (unpaired) electrons. The number of H-pyrrole nitrogens is 1. The second kappa shape index (κ2) is 4.74. The molecule has 0 spiro atoms. The lowest BCUT2D eigenvalue weighted by Crippen LogP contribution is -2.03. The largest absolute Gasteiger partial charge is 0.272 e. The highest BCUT2D eigenvalue weighted by Gasteiger charge is 2.12. The van der Waals surface area contributed by atoms with Crippen LogP contribution in [0.4, 0.5) is 0 Å². The number of hydrogen-bond donors (Lipinski definition) is 1. The number of nitrogens with one attached hydrogen (secondary N) is 1. The first-order chi connectivity index (χ1) is 8.00. The molecule has 0 saturated carbocycles. The molecule has 0 bridgehead atoms. The lowest BCUT2D eigenvalue weighted by molar-refractivity contribution is 0.744. The van der Waals surface area contributed by atoms with E-state index in [1.165, 1.54) is 5.56 Å². The van der Waals surface area contributed by atoms with Gasteiger partial charge in [0.2, 0.25) is 0 Å². The van der Waals surface area contributed by atoms with Gasteiger partial charge in [0.25, 0.3) is 0 Å².